The van der Waals surface area contributed by atoms with E-state index in [1.807, 2.05) is 25.7 Å². The van der Waals surface area contributed by atoms with E-state index < -0.39 is 0 Å². The Morgan fingerprint density at radius 3 is 1.75 bits per heavy atom. The van der Waals surface area contributed by atoms with Crippen molar-refractivity contribution in [2.24, 2.45) is 0 Å². The minimum absolute atomic E-state index is 0.132. The summed E-state index contributed by atoms with van der Waals surface area (Å²) in [6.45, 7) is 5.75. The Balaban J connectivity index is 0. The summed E-state index contributed by atoms with van der Waals surface area (Å²) in [5.41, 5.74) is 0.701. The van der Waals surface area contributed by atoms with Crippen LogP contribution in [-0.4, -0.2) is 5.83 Å². The summed E-state index contributed by atoms with van der Waals surface area (Å²) in [6, 6.07) is 6.70. The van der Waals surface area contributed by atoms with Gasteiger partial charge in [0.2, 0.25) is 0 Å². The van der Waals surface area contributed by atoms with Crippen LogP contribution in [0.5, 0.6) is 0 Å². The second-order valence-corrected chi connectivity index (χ2v) is 1.75. The highest BCUT2D eigenvalue weighted by Crippen LogP contribution is 2.01. The van der Waals surface area contributed by atoms with Crippen molar-refractivity contribution in [3.05, 3.63) is 35.6 Å². The van der Waals surface area contributed by atoms with E-state index in [9.17, 15) is 4.39 Å². The fraction of sp³-hybridized carbons (Fsp3) is 0.400. The first-order valence-electron chi connectivity index (χ1n) is 3.89. The van der Waals surface area contributed by atoms with Gasteiger partial charge in [-0.15, -0.1) is 0 Å². The summed E-state index contributed by atoms with van der Waals surface area (Å²) < 4.78 is 12.3. The van der Waals surface area contributed by atoms with Crippen molar-refractivity contribution in [3.8, 4) is 0 Å². The summed E-state index contributed by atoms with van der Waals surface area (Å²) in [5.74, 6) is 1.68. The Morgan fingerprint density at radius 1 is 1.08 bits per heavy atom. The monoisotopic (exact) mass is 234 g/mol. The molecule has 1 aromatic carbocycles. The van der Waals surface area contributed by atoms with Crippen LogP contribution >= 0.6 is 15.9 Å². The Labute approximate surface area is 82.9 Å². The molecule has 0 saturated carbocycles. The molecule has 2 heteroatoms. The van der Waals surface area contributed by atoms with Crippen molar-refractivity contribution < 1.29 is 4.39 Å². The Bertz CT molecular complexity index is 166. The maximum Gasteiger partial charge on any atom is 0.126 e. The molecule has 70 valence electrons. The van der Waals surface area contributed by atoms with Crippen molar-refractivity contribution in [2.45, 2.75) is 20.8 Å². The lowest BCUT2D eigenvalue weighted by molar-refractivity contribution is 0.618. The molecule has 0 nitrogen and oxygen atoms in total. The number of halogens is 2. The molecule has 1 rings (SSSR count). The van der Waals surface area contributed by atoms with Gasteiger partial charge in [0.1, 0.15) is 5.82 Å². The van der Waals surface area contributed by atoms with Crippen molar-refractivity contribution >= 4 is 15.9 Å². The van der Waals surface area contributed by atoms with Gasteiger partial charge in [0, 0.05) is 0 Å². The van der Waals surface area contributed by atoms with Crippen LogP contribution in [0.25, 0.3) is 0 Å². The van der Waals surface area contributed by atoms with Crippen LogP contribution < -0.4 is 0 Å². The van der Waals surface area contributed by atoms with Gasteiger partial charge in [-0.3, -0.25) is 0 Å². The molecule has 0 aliphatic carbocycles. The first-order valence-corrected chi connectivity index (χ1v) is 5.48. The fourth-order valence-corrected chi connectivity index (χ4v) is 0.551. The molecule has 0 aromatic heterocycles. The quantitative estimate of drug-likeness (QED) is 0.592. The van der Waals surface area contributed by atoms with Crippen LogP contribution in [0, 0.1) is 12.7 Å². The largest absolute Gasteiger partial charge is 0.207 e. The van der Waals surface area contributed by atoms with Crippen molar-refractivity contribution in [2.75, 3.05) is 5.83 Å². The summed E-state index contributed by atoms with van der Waals surface area (Å²) in [7, 11) is 0. The third-order valence-corrected chi connectivity index (χ3v) is 1.08. The SMILES string of the molecule is CBr.CC.Cc1ccccc1F. The van der Waals surface area contributed by atoms with E-state index in [1.54, 1.807) is 19.1 Å². The lowest BCUT2D eigenvalue weighted by Crippen LogP contribution is -1.76. The topological polar surface area (TPSA) is 0 Å². The van der Waals surface area contributed by atoms with E-state index in [2.05, 4.69) is 15.9 Å². The van der Waals surface area contributed by atoms with Crippen LogP contribution in [0.15, 0.2) is 24.3 Å². The first kappa shape index (κ1) is 14.2. The Kier molecular flexibility index (Phi) is 12.6. The predicted octanol–water partition coefficient (Wildman–Crippen LogP) is 4.17. The number of hydrogen-bond acceptors (Lipinski definition) is 0. The molecule has 1 aromatic rings. The fourth-order valence-electron chi connectivity index (χ4n) is 0.551. The van der Waals surface area contributed by atoms with Gasteiger partial charge in [0.05, 0.1) is 0 Å². The molecular formula is C10H16BrF. The highest BCUT2D eigenvalue weighted by atomic mass is 79.9. The summed E-state index contributed by atoms with van der Waals surface area (Å²) >= 11 is 2.94. The van der Waals surface area contributed by atoms with Crippen LogP contribution in [0.4, 0.5) is 4.39 Å². The van der Waals surface area contributed by atoms with Gasteiger partial charge in [-0.25, -0.2) is 4.39 Å². The van der Waals surface area contributed by atoms with Gasteiger partial charge in [-0.2, -0.15) is 0 Å². The third-order valence-electron chi connectivity index (χ3n) is 1.08. The molecule has 0 N–H and O–H groups in total. The molecule has 0 heterocycles. The second kappa shape index (κ2) is 10.6. The van der Waals surface area contributed by atoms with Gasteiger partial charge in [0.25, 0.3) is 0 Å². The first-order chi connectivity index (χ1) is 5.80. The molecule has 0 fully saturated rings. The summed E-state index contributed by atoms with van der Waals surface area (Å²) in [6.07, 6.45) is 0. The molecule has 0 radical (unpaired) electrons. The summed E-state index contributed by atoms with van der Waals surface area (Å²) in [5, 5.41) is 0. The van der Waals surface area contributed by atoms with Crippen molar-refractivity contribution in [3.63, 3.8) is 0 Å². The zero-order valence-corrected chi connectivity index (χ0v) is 9.65. The van der Waals surface area contributed by atoms with Gasteiger partial charge >= 0.3 is 0 Å². The zero-order chi connectivity index (χ0) is 9.98. The molecule has 0 unspecified atom stereocenters. The molecule has 0 aliphatic rings. The lowest BCUT2D eigenvalue weighted by Gasteiger charge is -1.89. The molecule has 0 bridgehead atoms. The molecule has 0 spiro atoms. The van der Waals surface area contributed by atoms with Crippen molar-refractivity contribution in [1.82, 2.24) is 0 Å². The van der Waals surface area contributed by atoms with E-state index in [-0.39, 0.29) is 5.82 Å². The molecular weight excluding hydrogens is 219 g/mol. The summed E-state index contributed by atoms with van der Waals surface area (Å²) in [4.78, 5) is 0. The van der Waals surface area contributed by atoms with E-state index in [0.717, 1.165) is 0 Å². The number of rotatable bonds is 0. The highest BCUT2D eigenvalue weighted by Gasteiger charge is 1.88. The maximum absolute atomic E-state index is 12.3. The zero-order valence-electron chi connectivity index (χ0n) is 8.07. The smallest absolute Gasteiger partial charge is 0.126 e. The number of benzene rings is 1. The van der Waals surface area contributed by atoms with Crippen LogP contribution in [0.3, 0.4) is 0 Å². The number of hydrogen-bond donors (Lipinski definition) is 0. The average molecular weight is 235 g/mol. The Morgan fingerprint density at radius 2 is 1.50 bits per heavy atom. The lowest BCUT2D eigenvalue weighted by atomic mass is 10.2. The van der Waals surface area contributed by atoms with Crippen LogP contribution in [0.2, 0.25) is 0 Å². The number of aryl methyl sites for hydroxylation is 1. The second-order valence-electron chi connectivity index (χ2n) is 1.75. The van der Waals surface area contributed by atoms with E-state index >= 15 is 0 Å². The molecule has 12 heavy (non-hydrogen) atoms. The molecule has 0 atom stereocenters. The molecule has 0 aliphatic heterocycles. The van der Waals surface area contributed by atoms with Gasteiger partial charge in [-0.05, 0) is 24.4 Å². The average Bonchev–Trinajstić information content (AvgIpc) is 2.17. The maximum atomic E-state index is 12.3. The predicted molar refractivity (Wildman–Crippen MR) is 57.3 cm³/mol. The highest BCUT2D eigenvalue weighted by molar-refractivity contribution is 9.08. The van der Waals surface area contributed by atoms with Crippen molar-refractivity contribution in [1.29, 1.82) is 0 Å². The minimum Gasteiger partial charge on any atom is -0.207 e. The van der Waals surface area contributed by atoms with E-state index in [1.165, 1.54) is 6.07 Å². The van der Waals surface area contributed by atoms with Crippen LogP contribution in [0.1, 0.15) is 19.4 Å². The molecule has 0 saturated heterocycles. The molecule has 0 amide bonds. The van der Waals surface area contributed by atoms with Gasteiger partial charge in [0.15, 0.2) is 0 Å². The van der Waals surface area contributed by atoms with Crippen LogP contribution in [-0.2, 0) is 0 Å². The third kappa shape index (κ3) is 6.35. The van der Waals surface area contributed by atoms with Gasteiger partial charge < -0.3 is 0 Å². The van der Waals surface area contributed by atoms with E-state index in [0.29, 0.717) is 5.56 Å². The minimum atomic E-state index is -0.132. The number of alkyl halides is 1. The van der Waals surface area contributed by atoms with E-state index in [4.69, 9.17) is 0 Å². The Hall–Kier alpha value is -0.370. The normalized spacial score (nSPS) is 7.17. The standard InChI is InChI=1S/C7H7F.C2H6.CH3Br/c1-6-4-2-3-5-7(6)8;2*1-2/h2-5H,1H3;1-2H3;1H3. The van der Waals surface area contributed by atoms with Gasteiger partial charge in [-0.1, -0.05) is 48.0 Å².